The molecule has 0 aliphatic rings. The lowest BCUT2D eigenvalue weighted by atomic mass is 10.1. The molecule has 4 N–H and O–H groups in total. The third-order valence-electron chi connectivity index (χ3n) is 2.70. The highest BCUT2D eigenvalue weighted by atomic mass is 19.3. The molecule has 0 heterocycles. The van der Waals surface area contributed by atoms with Gasteiger partial charge in [-0.3, -0.25) is 4.79 Å². The van der Waals surface area contributed by atoms with Crippen LogP contribution < -0.4 is 16.0 Å². The van der Waals surface area contributed by atoms with Crippen molar-refractivity contribution in [2.75, 3.05) is 36.9 Å². The number of aliphatic hydroxyl groups is 1. The maximum atomic E-state index is 12.5. The maximum absolute atomic E-state index is 12.5. The van der Waals surface area contributed by atoms with Crippen molar-refractivity contribution in [3.05, 3.63) is 23.8 Å². The van der Waals surface area contributed by atoms with E-state index in [0.717, 1.165) is 0 Å². The monoisotopic (exact) mass is 287 g/mol. The number of nitrogens with one attached hydrogen (secondary N) is 1. The van der Waals surface area contributed by atoms with Gasteiger partial charge in [0.2, 0.25) is 0 Å². The Labute approximate surface area is 116 Å². The Morgan fingerprint density at radius 2 is 2.20 bits per heavy atom. The fourth-order valence-corrected chi connectivity index (χ4v) is 1.84. The molecular weight excluding hydrogens is 268 g/mol. The zero-order chi connectivity index (χ0) is 15.1. The first-order chi connectivity index (χ1) is 9.49. The van der Waals surface area contributed by atoms with E-state index in [1.54, 1.807) is 6.92 Å². The number of nitrogens with two attached hydrogens (primary N) is 1. The minimum Gasteiger partial charge on any atom is -0.397 e. The number of hydrogen-bond donors (Lipinski definition) is 3. The number of anilines is 2. The van der Waals surface area contributed by atoms with E-state index in [2.05, 4.69) is 5.32 Å². The molecule has 112 valence electrons. The van der Waals surface area contributed by atoms with Gasteiger partial charge in [0.15, 0.2) is 0 Å². The number of amides is 1. The molecule has 20 heavy (non-hydrogen) atoms. The molecule has 1 amide bonds. The van der Waals surface area contributed by atoms with Crippen LogP contribution in [0.25, 0.3) is 0 Å². The van der Waals surface area contributed by atoms with Gasteiger partial charge in [-0.2, -0.15) is 0 Å². The predicted molar refractivity (Wildman–Crippen MR) is 74.2 cm³/mol. The lowest BCUT2D eigenvalue weighted by Crippen LogP contribution is -2.32. The SMILES string of the molecule is CCNC(=O)c1ccc(N(CCO)CC(F)F)c(N)c1. The van der Waals surface area contributed by atoms with Crippen LogP contribution in [-0.4, -0.2) is 43.7 Å². The molecule has 0 radical (unpaired) electrons. The fraction of sp³-hybridized carbons (Fsp3) is 0.462. The summed E-state index contributed by atoms with van der Waals surface area (Å²) in [5, 5.41) is 11.6. The van der Waals surface area contributed by atoms with E-state index in [1.807, 2.05) is 0 Å². The van der Waals surface area contributed by atoms with Crippen molar-refractivity contribution < 1.29 is 18.7 Å². The Hall–Kier alpha value is -1.89. The van der Waals surface area contributed by atoms with Crippen LogP contribution >= 0.6 is 0 Å². The van der Waals surface area contributed by atoms with Gasteiger partial charge < -0.3 is 21.1 Å². The molecule has 1 aromatic carbocycles. The molecule has 0 aromatic heterocycles. The Morgan fingerprint density at radius 1 is 1.50 bits per heavy atom. The zero-order valence-electron chi connectivity index (χ0n) is 11.3. The number of benzene rings is 1. The minimum absolute atomic E-state index is 0.0506. The summed E-state index contributed by atoms with van der Waals surface area (Å²) in [4.78, 5) is 12.9. The lowest BCUT2D eigenvalue weighted by molar-refractivity contribution is 0.0955. The number of alkyl halides is 2. The number of nitrogens with zero attached hydrogens (tertiary/aromatic N) is 1. The van der Waals surface area contributed by atoms with Gasteiger partial charge in [-0.1, -0.05) is 0 Å². The fourth-order valence-electron chi connectivity index (χ4n) is 1.84. The normalized spacial score (nSPS) is 10.7. The van der Waals surface area contributed by atoms with Crippen molar-refractivity contribution >= 4 is 17.3 Å². The Kier molecular flexibility index (Phi) is 6.17. The van der Waals surface area contributed by atoms with Crippen LogP contribution in [0.2, 0.25) is 0 Å². The summed E-state index contributed by atoms with van der Waals surface area (Å²) in [5.74, 6) is -0.270. The largest absolute Gasteiger partial charge is 0.397 e. The number of carbonyl (C=O) groups excluding carboxylic acids is 1. The number of halogens is 2. The first-order valence-corrected chi connectivity index (χ1v) is 6.31. The second-order valence-corrected chi connectivity index (χ2v) is 4.19. The summed E-state index contributed by atoms with van der Waals surface area (Å²) < 4.78 is 25.0. The number of hydrogen-bond acceptors (Lipinski definition) is 4. The van der Waals surface area contributed by atoms with E-state index in [1.165, 1.54) is 23.1 Å². The van der Waals surface area contributed by atoms with Gasteiger partial charge in [-0.25, -0.2) is 8.78 Å². The molecule has 5 nitrogen and oxygen atoms in total. The van der Waals surface area contributed by atoms with Crippen molar-refractivity contribution in [3.8, 4) is 0 Å². The summed E-state index contributed by atoms with van der Waals surface area (Å²) in [5.41, 5.74) is 6.79. The second-order valence-electron chi connectivity index (χ2n) is 4.19. The van der Waals surface area contributed by atoms with Crippen LogP contribution in [0.5, 0.6) is 0 Å². The van der Waals surface area contributed by atoms with Gasteiger partial charge in [0, 0.05) is 18.7 Å². The smallest absolute Gasteiger partial charge is 0.255 e. The summed E-state index contributed by atoms with van der Waals surface area (Å²) in [6.45, 7) is 1.55. The van der Waals surface area contributed by atoms with Crippen LogP contribution in [0.3, 0.4) is 0 Å². The predicted octanol–water partition coefficient (Wildman–Crippen LogP) is 1.08. The van der Waals surface area contributed by atoms with Crippen LogP contribution in [0.4, 0.5) is 20.2 Å². The van der Waals surface area contributed by atoms with E-state index < -0.39 is 13.0 Å². The third kappa shape index (κ3) is 4.34. The van der Waals surface area contributed by atoms with Crippen molar-refractivity contribution in [3.63, 3.8) is 0 Å². The highest BCUT2D eigenvalue weighted by Gasteiger charge is 2.16. The van der Waals surface area contributed by atoms with Gasteiger partial charge in [0.25, 0.3) is 12.3 Å². The molecule has 0 bridgehead atoms. The summed E-state index contributed by atoms with van der Waals surface area (Å²) >= 11 is 0. The molecule has 0 fully saturated rings. The van der Waals surface area contributed by atoms with Crippen molar-refractivity contribution in [1.29, 1.82) is 0 Å². The van der Waals surface area contributed by atoms with Gasteiger partial charge >= 0.3 is 0 Å². The summed E-state index contributed by atoms with van der Waals surface area (Å²) in [6.07, 6.45) is -2.54. The Balaban J connectivity index is 2.97. The quantitative estimate of drug-likeness (QED) is 0.656. The lowest BCUT2D eigenvalue weighted by Gasteiger charge is -2.25. The van der Waals surface area contributed by atoms with E-state index in [0.29, 0.717) is 17.8 Å². The minimum atomic E-state index is -2.54. The van der Waals surface area contributed by atoms with E-state index in [4.69, 9.17) is 10.8 Å². The zero-order valence-corrected chi connectivity index (χ0v) is 11.3. The average Bonchev–Trinajstić information content (AvgIpc) is 2.38. The number of carbonyl (C=O) groups is 1. The molecule has 0 aliphatic carbocycles. The van der Waals surface area contributed by atoms with E-state index in [9.17, 15) is 13.6 Å². The summed E-state index contributed by atoms with van der Waals surface area (Å²) in [7, 11) is 0. The molecule has 7 heteroatoms. The maximum Gasteiger partial charge on any atom is 0.255 e. The second kappa shape index (κ2) is 7.64. The number of nitrogen functional groups attached to an aromatic ring is 1. The molecule has 0 saturated carbocycles. The molecule has 0 saturated heterocycles. The Morgan fingerprint density at radius 3 is 2.70 bits per heavy atom. The van der Waals surface area contributed by atoms with E-state index >= 15 is 0 Å². The standard InChI is InChI=1S/C13H19F2N3O2/c1-2-17-13(20)9-3-4-11(10(16)7-9)18(5-6-19)8-12(14)15/h3-4,7,12,19H,2,5-6,8,16H2,1H3,(H,17,20). The highest BCUT2D eigenvalue weighted by molar-refractivity contribution is 5.96. The van der Waals surface area contributed by atoms with Gasteiger partial charge in [-0.05, 0) is 25.1 Å². The van der Waals surface area contributed by atoms with Crippen LogP contribution in [0.15, 0.2) is 18.2 Å². The molecule has 1 rings (SSSR count). The molecule has 1 aromatic rings. The highest BCUT2D eigenvalue weighted by Crippen LogP contribution is 2.25. The third-order valence-corrected chi connectivity index (χ3v) is 2.70. The number of aliphatic hydroxyl groups excluding tert-OH is 1. The van der Waals surface area contributed by atoms with Crippen LogP contribution in [0.1, 0.15) is 17.3 Å². The van der Waals surface area contributed by atoms with Crippen molar-refractivity contribution in [2.24, 2.45) is 0 Å². The van der Waals surface area contributed by atoms with Crippen molar-refractivity contribution in [1.82, 2.24) is 5.32 Å². The van der Waals surface area contributed by atoms with E-state index in [-0.39, 0.29) is 24.7 Å². The summed E-state index contributed by atoms with van der Waals surface area (Å²) in [6, 6.07) is 4.47. The molecule has 0 aliphatic heterocycles. The molecule has 0 spiro atoms. The molecule has 0 unspecified atom stereocenters. The van der Waals surface area contributed by atoms with Crippen LogP contribution in [-0.2, 0) is 0 Å². The van der Waals surface area contributed by atoms with Crippen LogP contribution in [0, 0.1) is 0 Å². The first-order valence-electron chi connectivity index (χ1n) is 6.31. The first kappa shape index (κ1) is 16.2. The van der Waals surface area contributed by atoms with Gasteiger partial charge in [0.1, 0.15) is 0 Å². The average molecular weight is 287 g/mol. The molecule has 0 atom stereocenters. The molecular formula is C13H19F2N3O2. The van der Waals surface area contributed by atoms with Crippen molar-refractivity contribution in [2.45, 2.75) is 13.3 Å². The van der Waals surface area contributed by atoms with Gasteiger partial charge in [-0.15, -0.1) is 0 Å². The Bertz CT molecular complexity index is 455. The number of rotatable bonds is 7. The van der Waals surface area contributed by atoms with Gasteiger partial charge in [0.05, 0.1) is 24.5 Å². The topological polar surface area (TPSA) is 78.6 Å².